The smallest absolute Gasteiger partial charge is 0.401 e. The first-order valence-electron chi connectivity index (χ1n) is 7.62. The molecule has 1 unspecified atom stereocenters. The van der Waals surface area contributed by atoms with Gasteiger partial charge in [-0.1, -0.05) is 6.92 Å². The number of rotatable bonds is 3. The molecule has 6 nitrogen and oxygen atoms in total. The number of ether oxygens (including phenoxy) is 1. The number of halogens is 3. The standard InChI is InChI=1S/C15H21F3N4O2/c1-11-8-21(10-15(16,17)18)6-7-22(9-11)14(23)20-12-4-3-5-19-13(12)24-2/h3-5,11H,6-10H2,1-2H3,(H,20,23). The van der Waals surface area contributed by atoms with Crippen molar-refractivity contribution in [1.82, 2.24) is 14.8 Å². The Labute approximate surface area is 138 Å². The van der Waals surface area contributed by atoms with Crippen molar-refractivity contribution < 1.29 is 22.7 Å². The Balaban J connectivity index is 2.00. The average Bonchev–Trinajstić information content (AvgIpc) is 2.67. The highest BCUT2D eigenvalue weighted by atomic mass is 19.4. The number of amides is 2. The number of carbonyl (C=O) groups excluding carboxylic acids is 1. The van der Waals surface area contributed by atoms with Crippen molar-refractivity contribution in [2.45, 2.75) is 13.1 Å². The Morgan fingerprint density at radius 1 is 1.42 bits per heavy atom. The molecule has 1 saturated heterocycles. The number of urea groups is 1. The minimum absolute atomic E-state index is 0.0589. The molecule has 1 aromatic rings. The molecule has 1 aliphatic heterocycles. The third-order valence-corrected chi connectivity index (χ3v) is 3.68. The van der Waals surface area contributed by atoms with Crippen LogP contribution in [0.4, 0.5) is 23.7 Å². The van der Waals surface area contributed by atoms with Crippen LogP contribution in [0, 0.1) is 5.92 Å². The molecule has 0 aromatic carbocycles. The number of pyridine rings is 1. The first-order valence-corrected chi connectivity index (χ1v) is 7.62. The lowest BCUT2D eigenvalue weighted by Crippen LogP contribution is -2.40. The second-order valence-corrected chi connectivity index (χ2v) is 5.89. The quantitative estimate of drug-likeness (QED) is 0.913. The Bertz CT molecular complexity index is 568. The van der Waals surface area contributed by atoms with E-state index in [1.165, 1.54) is 23.1 Å². The van der Waals surface area contributed by atoms with Gasteiger partial charge < -0.3 is 15.0 Å². The minimum Gasteiger partial charge on any atom is -0.480 e. The van der Waals surface area contributed by atoms with Crippen molar-refractivity contribution in [3.8, 4) is 5.88 Å². The van der Waals surface area contributed by atoms with Crippen LogP contribution in [0.1, 0.15) is 6.92 Å². The van der Waals surface area contributed by atoms with Gasteiger partial charge in [0.1, 0.15) is 5.69 Å². The molecule has 1 atom stereocenters. The van der Waals surface area contributed by atoms with Crippen molar-refractivity contribution in [1.29, 1.82) is 0 Å². The number of hydrogen-bond acceptors (Lipinski definition) is 4. The maximum absolute atomic E-state index is 12.6. The highest BCUT2D eigenvalue weighted by molar-refractivity contribution is 5.90. The summed E-state index contributed by atoms with van der Waals surface area (Å²) in [5, 5.41) is 2.70. The van der Waals surface area contributed by atoms with E-state index < -0.39 is 12.7 Å². The van der Waals surface area contributed by atoms with Gasteiger partial charge in [0.25, 0.3) is 0 Å². The number of methoxy groups -OCH3 is 1. The molecule has 134 valence electrons. The van der Waals surface area contributed by atoms with Crippen LogP contribution >= 0.6 is 0 Å². The first-order chi connectivity index (χ1) is 11.3. The molecule has 1 N–H and O–H groups in total. The number of nitrogens with zero attached hydrogens (tertiary/aromatic N) is 3. The molecule has 2 rings (SSSR count). The van der Waals surface area contributed by atoms with Gasteiger partial charge in [0.2, 0.25) is 5.88 Å². The lowest BCUT2D eigenvalue weighted by atomic mass is 10.1. The largest absolute Gasteiger partial charge is 0.480 e. The maximum atomic E-state index is 12.6. The number of alkyl halides is 3. The molecule has 9 heteroatoms. The van der Waals surface area contributed by atoms with Crippen molar-refractivity contribution in [3.05, 3.63) is 18.3 Å². The van der Waals surface area contributed by atoms with E-state index in [4.69, 9.17) is 4.74 Å². The highest BCUT2D eigenvalue weighted by Gasteiger charge is 2.33. The lowest BCUT2D eigenvalue weighted by molar-refractivity contribution is -0.146. The Kier molecular flexibility index (Phi) is 5.87. The molecular weight excluding hydrogens is 325 g/mol. The summed E-state index contributed by atoms with van der Waals surface area (Å²) in [6.07, 6.45) is -2.70. The van der Waals surface area contributed by atoms with Gasteiger partial charge in [-0.25, -0.2) is 9.78 Å². The third kappa shape index (κ3) is 5.26. The van der Waals surface area contributed by atoms with E-state index in [0.29, 0.717) is 18.8 Å². The zero-order valence-electron chi connectivity index (χ0n) is 13.6. The van der Waals surface area contributed by atoms with Gasteiger partial charge in [-0.3, -0.25) is 4.90 Å². The van der Waals surface area contributed by atoms with Crippen molar-refractivity contribution in [2.75, 3.05) is 45.2 Å². The second-order valence-electron chi connectivity index (χ2n) is 5.89. The molecule has 1 aliphatic rings. The number of hydrogen-bond donors (Lipinski definition) is 1. The molecule has 2 heterocycles. The number of nitrogens with one attached hydrogen (secondary N) is 1. The van der Waals surface area contributed by atoms with Crippen molar-refractivity contribution in [2.24, 2.45) is 5.92 Å². The monoisotopic (exact) mass is 346 g/mol. The van der Waals surface area contributed by atoms with E-state index in [1.807, 2.05) is 6.92 Å². The Morgan fingerprint density at radius 3 is 2.83 bits per heavy atom. The van der Waals surface area contributed by atoms with Gasteiger partial charge in [0, 0.05) is 32.4 Å². The van der Waals surface area contributed by atoms with Gasteiger partial charge in [0.15, 0.2) is 0 Å². The van der Waals surface area contributed by atoms with Crippen LogP contribution in [0.5, 0.6) is 5.88 Å². The minimum atomic E-state index is -4.24. The zero-order chi connectivity index (χ0) is 17.7. The van der Waals surface area contributed by atoms with Crippen LogP contribution in [0.15, 0.2) is 18.3 Å². The normalized spacial score (nSPS) is 19.7. The van der Waals surface area contributed by atoms with Crippen LogP contribution in [0.2, 0.25) is 0 Å². The number of anilines is 1. The second kappa shape index (κ2) is 7.69. The summed E-state index contributed by atoms with van der Waals surface area (Å²) in [6, 6.07) is 2.94. The van der Waals surface area contributed by atoms with Gasteiger partial charge in [-0.2, -0.15) is 13.2 Å². The predicted molar refractivity (Wildman–Crippen MR) is 83.0 cm³/mol. The predicted octanol–water partition coefficient (Wildman–Crippen LogP) is 2.44. The van der Waals surface area contributed by atoms with Gasteiger partial charge in [-0.15, -0.1) is 0 Å². The first kappa shape index (κ1) is 18.3. The summed E-state index contributed by atoms with van der Waals surface area (Å²) in [7, 11) is 1.45. The summed E-state index contributed by atoms with van der Waals surface area (Å²) in [5.41, 5.74) is 0.425. The van der Waals surface area contributed by atoms with Crippen LogP contribution in [-0.4, -0.2) is 66.8 Å². The number of aromatic nitrogens is 1. The van der Waals surface area contributed by atoms with Crippen LogP contribution in [-0.2, 0) is 0 Å². The van der Waals surface area contributed by atoms with Gasteiger partial charge in [-0.05, 0) is 18.1 Å². The summed E-state index contributed by atoms with van der Waals surface area (Å²) in [6.45, 7) is 1.99. The molecule has 0 radical (unpaired) electrons. The average molecular weight is 346 g/mol. The fourth-order valence-electron chi connectivity index (χ4n) is 2.74. The lowest BCUT2D eigenvalue weighted by Gasteiger charge is -2.23. The van der Waals surface area contributed by atoms with E-state index in [1.54, 1.807) is 12.1 Å². The molecular formula is C15H21F3N4O2. The fraction of sp³-hybridized carbons (Fsp3) is 0.600. The van der Waals surface area contributed by atoms with Crippen molar-refractivity contribution >= 4 is 11.7 Å². The fourth-order valence-corrected chi connectivity index (χ4v) is 2.74. The van der Waals surface area contributed by atoms with E-state index in [-0.39, 0.29) is 30.9 Å². The van der Waals surface area contributed by atoms with Gasteiger partial charge in [0.05, 0.1) is 13.7 Å². The Morgan fingerprint density at radius 2 is 2.17 bits per heavy atom. The van der Waals surface area contributed by atoms with Crippen LogP contribution in [0.25, 0.3) is 0 Å². The maximum Gasteiger partial charge on any atom is 0.401 e. The Hall–Kier alpha value is -2.03. The molecule has 1 fully saturated rings. The molecule has 0 aliphatic carbocycles. The van der Waals surface area contributed by atoms with Gasteiger partial charge >= 0.3 is 12.2 Å². The number of carbonyl (C=O) groups is 1. The van der Waals surface area contributed by atoms with Crippen LogP contribution in [0.3, 0.4) is 0 Å². The molecule has 2 amide bonds. The molecule has 0 spiro atoms. The summed E-state index contributed by atoms with van der Waals surface area (Å²) < 4.78 is 42.8. The molecule has 0 bridgehead atoms. The molecule has 0 saturated carbocycles. The van der Waals surface area contributed by atoms with E-state index in [2.05, 4.69) is 10.3 Å². The highest BCUT2D eigenvalue weighted by Crippen LogP contribution is 2.22. The summed E-state index contributed by atoms with van der Waals surface area (Å²) >= 11 is 0. The zero-order valence-corrected chi connectivity index (χ0v) is 13.6. The van der Waals surface area contributed by atoms with Crippen LogP contribution < -0.4 is 10.1 Å². The van der Waals surface area contributed by atoms with E-state index >= 15 is 0 Å². The third-order valence-electron chi connectivity index (χ3n) is 3.68. The van der Waals surface area contributed by atoms with Crippen molar-refractivity contribution in [3.63, 3.8) is 0 Å². The summed E-state index contributed by atoms with van der Waals surface area (Å²) in [5.74, 6) is 0.226. The van der Waals surface area contributed by atoms with E-state index in [9.17, 15) is 18.0 Å². The topological polar surface area (TPSA) is 57.7 Å². The van der Waals surface area contributed by atoms with E-state index in [0.717, 1.165) is 0 Å². The molecule has 24 heavy (non-hydrogen) atoms. The molecule has 1 aromatic heterocycles. The SMILES string of the molecule is COc1ncccc1NC(=O)N1CCN(CC(F)(F)F)CC(C)C1. The summed E-state index contributed by atoms with van der Waals surface area (Å²) in [4.78, 5) is 19.3.